The summed E-state index contributed by atoms with van der Waals surface area (Å²) < 4.78 is 55.1. The van der Waals surface area contributed by atoms with Crippen LogP contribution < -0.4 is 32.4 Å². The molecule has 0 radical (unpaired) electrons. The Balaban J connectivity index is 1.41. The molecule has 43 heavy (non-hydrogen) atoms. The van der Waals surface area contributed by atoms with Crippen LogP contribution in [0.15, 0.2) is 65.6 Å². The maximum atomic E-state index is 13.8. The third kappa shape index (κ3) is 3.69. The van der Waals surface area contributed by atoms with E-state index in [1.807, 2.05) is 13.8 Å². The first kappa shape index (κ1) is 27.4. The number of nitrogens with zero attached hydrogens (tertiary/aromatic N) is 2. The van der Waals surface area contributed by atoms with Crippen LogP contribution in [0.4, 0.5) is 27.6 Å². The van der Waals surface area contributed by atoms with Gasteiger partial charge in [-0.15, -0.1) is 22.7 Å². The molecule has 214 valence electrons. The predicted molar refractivity (Wildman–Crippen MR) is 157 cm³/mol. The highest BCUT2D eigenvalue weighted by Gasteiger charge is 2.44. The Morgan fingerprint density at radius 1 is 0.558 bits per heavy atom. The first-order valence-electron chi connectivity index (χ1n) is 13.1. The van der Waals surface area contributed by atoms with Gasteiger partial charge < -0.3 is 0 Å². The monoisotopic (exact) mass is 620 g/mol. The van der Waals surface area contributed by atoms with Gasteiger partial charge in [0.25, 0.3) is 0 Å². The summed E-state index contributed by atoms with van der Waals surface area (Å²) in [6.07, 6.45) is 1.32. The topological polar surface area (TPSA) is 93.0 Å². The van der Waals surface area contributed by atoms with Crippen LogP contribution in [0, 0.1) is 23.3 Å². The molecule has 0 N–H and O–H groups in total. The highest BCUT2D eigenvalue weighted by molar-refractivity contribution is 7.26. The smallest absolute Gasteiger partial charge is 0.216 e. The molecule has 0 saturated carbocycles. The van der Waals surface area contributed by atoms with Crippen molar-refractivity contribution in [3.05, 3.63) is 122 Å². The Hall–Kier alpha value is -4.42. The maximum Gasteiger partial charge on any atom is 0.216 e. The molecule has 2 heterocycles. The van der Waals surface area contributed by atoms with Gasteiger partial charge in [0, 0.05) is 27.0 Å². The van der Waals surface area contributed by atoms with Gasteiger partial charge in [-0.05, 0) is 60.4 Å². The summed E-state index contributed by atoms with van der Waals surface area (Å²) >= 11 is 2.46. The highest BCUT2D eigenvalue weighted by atomic mass is 32.1. The first-order chi connectivity index (χ1) is 20.5. The molecule has 1 aliphatic rings. The zero-order chi connectivity index (χ0) is 30.5. The fourth-order valence-electron chi connectivity index (χ4n) is 6.06. The quantitative estimate of drug-likeness (QED) is 0.246. The van der Waals surface area contributed by atoms with Crippen molar-refractivity contribution in [2.24, 2.45) is 9.98 Å². The van der Waals surface area contributed by atoms with Crippen LogP contribution in [0.1, 0.15) is 37.8 Å². The molecule has 0 amide bonds. The van der Waals surface area contributed by atoms with Gasteiger partial charge in [-0.1, -0.05) is 13.8 Å². The minimum Gasteiger partial charge on any atom is -0.287 e. The van der Waals surface area contributed by atoms with Crippen molar-refractivity contribution in [2.75, 3.05) is 0 Å². The molecule has 0 spiro atoms. The maximum absolute atomic E-state index is 13.8. The molecule has 0 unspecified atom stereocenters. The summed E-state index contributed by atoms with van der Waals surface area (Å²) in [5, 5.41) is -1.10. The van der Waals surface area contributed by atoms with Crippen LogP contribution in [0.3, 0.4) is 0 Å². The minimum absolute atomic E-state index is 0.240. The van der Waals surface area contributed by atoms with Crippen molar-refractivity contribution in [3.63, 3.8) is 0 Å². The van der Waals surface area contributed by atoms with Crippen LogP contribution in [0.5, 0.6) is 0 Å². The van der Waals surface area contributed by atoms with Crippen LogP contribution in [0.2, 0.25) is 0 Å². The van der Waals surface area contributed by atoms with Gasteiger partial charge in [-0.2, -0.15) is 0 Å². The van der Waals surface area contributed by atoms with Gasteiger partial charge in [-0.25, -0.2) is 27.5 Å². The molecule has 0 aliphatic heterocycles. The number of benzene rings is 2. The molecular formula is C31H16F4N2O4S2. The largest absolute Gasteiger partial charge is 0.287 e. The number of thiophene rings is 2. The lowest BCUT2D eigenvalue weighted by Gasteiger charge is -2.27. The Morgan fingerprint density at radius 2 is 0.860 bits per heavy atom. The zero-order valence-corrected chi connectivity index (χ0v) is 23.9. The molecule has 0 atom stereocenters. The molecule has 4 aromatic carbocycles. The fraction of sp³-hybridized carbons (Fsp3) is 0.161. The Bertz CT molecular complexity index is 2240. The van der Waals surface area contributed by atoms with E-state index in [1.54, 1.807) is 12.1 Å². The summed E-state index contributed by atoms with van der Waals surface area (Å²) in [7, 11) is 0. The van der Waals surface area contributed by atoms with E-state index >= 15 is 0 Å². The normalized spacial score (nSPS) is 13.6. The molecule has 2 aromatic heterocycles. The lowest BCUT2D eigenvalue weighted by Crippen LogP contribution is -2.31. The van der Waals surface area contributed by atoms with Crippen molar-refractivity contribution in [2.45, 2.75) is 32.1 Å². The lowest BCUT2D eigenvalue weighted by molar-refractivity contribution is 0.492. The van der Waals surface area contributed by atoms with E-state index in [9.17, 15) is 36.7 Å². The summed E-state index contributed by atoms with van der Waals surface area (Å²) in [5.41, 5.74) is -1.77. The van der Waals surface area contributed by atoms with Gasteiger partial charge in [0.1, 0.15) is 10.0 Å². The highest BCUT2D eigenvalue weighted by Crippen LogP contribution is 2.60. The zero-order valence-electron chi connectivity index (χ0n) is 22.2. The number of hydrogen-bond donors (Lipinski definition) is 0. The van der Waals surface area contributed by atoms with E-state index < -0.39 is 61.1 Å². The average molecular weight is 621 g/mol. The lowest BCUT2D eigenvalue weighted by atomic mass is 9.75. The summed E-state index contributed by atoms with van der Waals surface area (Å²) in [5.74, 6) is -4.94. The van der Waals surface area contributed by atoms with Gasteiger partial charge in [0.2, 0.25) is 21.7 Å². The summed E-state index contributed by atoms with van der Waals surface area (Å²) in [4.78, 5) is 61.8. The fourth-order valence-corrected chi connectivity index (χ4v) is 8.49. The van der Waals surface area contributed by atoms with Crippen molar-refractivity contribution >= 4 is 54.2 Å². The molecule has 1 aliphatic carbocycles. The molecule has 0 bridgehead atoms. The Labute approximate surface area is 245 Å². The van der Waals surface area contributed by atoms with Gasteiger partial charge >= 0.3 is 0 Å². The van der Waals surface area contributed by atoms with Crippen LogP contribution in [0.25, 0.3) is 31.3 Å². The van der Waals surface area contributed by atoms with Crippen molar-refractivity contribution < 1.29 is 17.6 Å². The Morgan fingerprint density at radius 3 is 1.14 bits per heavy atom. The SMILES string of the molecule is CCC1(CC)c2cc(N=c3c(=O)c4cc(F)c(F)cc4c3=O)sc2-c2sc(N=c3c(=O)c4cc(F)c(F)cc4c3=O)cc21. The van der Waals surface area contributed by atoms with Crippen molar-refractivity contribution in [1.29, 1.82) is 0 Å². The second-order valence-corrected chi connectivity index (χ2v) is 12.4. The van der Waals surface area contributed by atoms with Crippen LogP contribution >= 0.6 is 22.7 Å². The molecule has 6 aromatic rings. The summed E-state index contributed by atoms with van der Waals surface area (Å²) in [6, 6.07) is 6.40. The van der Waals surface area contributed by atoms with Crippen molar-refractivity contribution in [1.82, 2.24) is 0 Å². The number of fused-ring (bicyclic) bond motifs is 5. The number of rotatable bonds is 4. The van der Waals surface area contributed by atoms with E-state index in [0.717, 1.165) is 20.9 Å². The summed E-state index contributed by atoms with van der Waals surface area (Å²) in [6.45, 7) is 4.00. The minimum atomic E-state index is -1.24. The van der Waals surface area contributed by atoms with Crippen LogP contribution in [-0.2, 0) is 5.41 Å². The molecule has 0 saturated heterocycles. The Kier molecular flexibility index (Phi) is 5.92. The van der Waals surface area contributed by atoms with Gasteiger partial charge in [-0.3, -0.25) is 19.2 Å². The standard InChI is InChI=1S/C31H16F4N2O4S2/c1-3-31(4-2)15-9-21(36-23-25(38)11-5-17(32)18(33)6-12(11)26(23)39)42-29(15)30-16(31)10-22(43-30)37-24-27(40)13-7-19(34)20(35)8-14(13)28(24)41/h5-10H,3-4H2,1-2H3. The van der Waals surface area contributed by atoms with E-state index in [1.165, 1.54) is 22.7 Å². The molecule has 7 rings (SSSR count). The molecule has 12 heteroatoms. The van der Waals surface area contributed by atoms with E-state index in [4.69, 9.17) is 0 Å². The van der Waals surface area contributed by atoms with Crippen LogP contribution in [-0.4, -0.2) is 0 Å². The third-order valence-corrected chi connectivity index (χ3v) is 10.5. The van der Waals surface area contributed by atoms with E-state index in [-0.39, 0.29) is 21.5 Å². The molecule has 0 fully saturated rings. The first-order valence-corrected chi connectivity index (χ1v) is 14.8. The number of hydrogen-bond acceptors (Lipinski definition) is 8. The second kappa shape index (κ2) is 9.29. The molecule has 6 nitrogen and oxygen atoms in total. The second-order valence-electron chi connectivity index (χ2n) is 10.3. The average Bonchev–Trinajstić information content (AvgIpc) is 3.74. The third-order valence-electron chi connectivity index (χ3n) is 8.29. The van der Waals surface area contributed by atoms with E-state index in [2.05, 4.69) is 9.98 Å². The molecular weight excluding hydrogens is 604 g/mol. The van der Waals surface area contributed by atoms with Gasteiger partial charge in [0.05, 0.1) is 9.75 Å². The van der Waals surface area contributed by atoms with Gasteiger partial charge in [0.15, 0.2) is 34.0 Å². The van der Waals surface area contributed by atoms with Crippen molar-refractivity contribution in [3.8, 4) is 9.75 Å². The number of halogens is 4. The predicted octanol–water partition coefficient (Wildman–Crippen LogP) is 5.42. The van der Waals surface area contributed by atoms with E-state index in [0.29, 0.717) is 47.1 Å².